The maximum atomic E-state index is 12.9. The van der Waals surface area contributed by atoms with Crippen LogP contribution in [0.3, 0.4) is 0 Å². The highest BCUT2D eigenvalue weighted by Crippen LogP contribution is 2.34. The van der Waals surface area contributed by atoms with Crippen LogP contribution in [0, 0.1) is 28.6 Å². The van der Waals surface area contributed by atoms with Crippen LogP contribution in [-0.4, -0.2) is 12.3 Å². The molecule has 0 aliphatic rings. The number of ether oxygens (including phenoxy) is 1. The molecule has 0 saturated heterocycles. The molecule has 0 fully saturated rings. The topological polar surface area (TPSA) is 81.2 Å². The third kappa shape index (κ3) is 5.33. The number of hydrogen-bond acceptors (Lipinski definition) is 5. The Labute approximate surface area is 125 Å². The molecular formula is C14H13F3N4O. The highest BCUT2D eigenvalue weighted by molar-refractivity contribution is 6.10. The summed E-state index contributed by atoms with van der Waals surface area (Å²) in [7, 11) is 0. The SMILES string of the molecule is CC(C)COc1cc(NN=C(C#N)C#N)cc(C(F)(F)F)c1. The molecule has 0 unspecified atom stereocenters. The Hall–Kier alpha value is -2.74. The molecule has 0 radical (unpaired) electrons. The lowest BCUT2D eigenvalue weighted by Gasteiger charge is -2.14. The number of hydrogen-bond donors (Lipinski definition) is 1. The Morgan fingerprint density at radius 3 is 2.41 bits per heavy atom. The van der Waals surface area contributed by atoms with E-state index in [4.69, 9.17) is 15.3 Å². The first-order chi connectivity index (χ1) is 10.3. The maximum Gasteiger partial charge on any atom is 0.416 e. The summed E-state index contributed by atoms with van der Waals surface area (Å²) in [5.41, 5.74) is 0.806. The van der Waals surface area contributed by atoms with Crippen molar-refractivity contribution in [3.05, 3.63) is 23.8 Å². The first kappa shape index (κ1) is 17.3. The average molecular weight is 310 g/mol. The van der Waals surface area contributed by atoms with Gasteiger partial charge in [-0.15, -0.1) is 0 Å². The van der Waals surface area contributed by atoms with Crippen LogP contribution < -0.4 is 10.2 Å². The zero-order chi connectivity index (χ0) is 16.8. The normalized spacial score (nSPS) is 10.5. The molecule has 0 atom stereocenters. The molecule has 1 aromatic carbocycles. The third-order valence-electron chi connectivity index (χ3n) is 2.33. The van der Waals surface area contributed by atoms with Gasteiger partial charge in [-0.3, -0.25) is 5.43 Å². The number of nitrogens with zero attached hydrogens (tertiary/aromatic N) is 3. The Morgan fingerprint density at radius 1 is 1.27 bits per heavy atom. The van der Waals surface area contributed by atoms with Crippen LogP contribution in [0.4, 0.5) is 18.9 Å². The predicted octanol–water partition coefficient (Wildman–Crippen LogP) is 3.56. The lowest BCUT2D eigenvalue weighted by atomic mass is 10.2. The van der Waals surface area contributed by atoms with Crippen LogP contribution in [0.25, 0.3) is 0 Å². The molecule has 116 valence electrons. The third-order valence-corrected chi connectivity index (χ3v) is 2.33. The number of hydrazone groups is 1. The Balaban J connectivity index is 3.11. The summed E-state index contributed by atoms with van der Waals surface area (Å²) in [4.78, 5) is 0. The van der Waals surface area contributed by atoms with Crippen molar-refractivity contribution in [1.82, 2.24) is 0 Å². The summed E-state index contributed by atoms with van der Waals surface area (Å²) in [6, 6.07) is 6.00. The van der Waals surface area contributed by atoms with Gasteiger partial charge in [-0.1, -0.05) is 13.8 Å². The summed E-state index contributed by atoms with van der Waals surface area (Å²) >= 11 is 0. The Kier molecular flexibility index (Phi) is 5.76. The lowest BCUT2D eigenvalue weighted by Crippen LogP contribution is -2.09. The Bertz CT molecular complexity index is 623. The second-order valence-corrected chi connectivity index (χ2v) is 4.74. The smallest absolute Gasteiger partial charge is 0.416 e. The van der Waals surface area contributed by atoms with Crippen LogP contribution in [0.2, 0.25) is 0 Å². The number of alkyl halides is 3. The van der Waals surface area contributed by atoms with Gasteiger partial charge < -0.3 is 4.74 Å². The lowest BCUT2D eigenvalue weighted by molar-refractivity contribution is -0.137. The quantitative estimate of drug-likeness (QED) is 0.666. The number of anilines is 1. The molecule has 1 N–H and O–H groups in total. The van der Waals surface area contributed by atoms with Gasteiger partial charge in [0.05, 0.1) is 17.9 Å². The van der Waals surface area contributed by atoms with Gasteiger partial charge in [0, 0.05) is 6.07 Å². The van der Waals surface area contributed by atoms with Crippen molar-refractivity contribution in [2.45, 2.75) is 20.0 Å². The standard InChI is InChI=1S/C14H13F3N4O/c1-9(2)8-22-13-4-10(14(15,16)17)3-11(5-13)20-21-12(6-18)7-19/h3-5,9,20H,8H2,1-2H3. The maximum absolute atomic E-state index is 12.9. The zero-order valence-corrected chi connectivity index (χ0v) is 11.9. The van der Waals surface area contributed by atoms with Crippen molar-refractivity contribution >= 4 is 11.4 Å². The molecule has 8 heteroatoms. The largest absolute Gasteiger partial charge is 0.493 e. The fourth-order valence-electron chi connectivity index (χ4n) is 1.37. The van der Waals surface area contributed by atoms with Crippen LogP contribution in [0.5, 0.6) is 5.75 Å². The number of rotatable bonds is 5. The summed E-state index contributed by atoms with van der Waals surface area (Å²) in [6.07, 6.45) is -4.55. The molecular weight excluding hydrogens is 297 g/mol. The molecule has 0 bridgehead atoms. The molecule has 0 saturated carbocycles. The van der Waals surface area contributed by atoms with E-state index < -0.39 is 17.5 Å². The summed E-state index contributed by atoms with van der Waals surface area (Å²) in [5, 5.41) is 20.5. The highest BCUT2D eigenvalue weighted by atomic mass is 19.4. The monoisotopic (exact) mass is 310 g/mol. The van der Waals surface area contributed by atoms with E-state index in [1.54, 1.807) is 0 Å². The number of nitrogens with one attached hydrogen (secondary N) is 1. The summed E-state index contributed by atoms with van der Waals surface area (Å²) in [5.74, 6) is 0.171. The fourth-order valence-corrected chi connectivity index (χ4v) is 1.37. The molecule has 0 heterocycles. The van der Waals surface area contributed by atoms with E-state index in [0.717, 1.165) is 12.1 Å². The first-order valence-corrected chi connectivity index (χ1v) is 6.25. The van der Waals surface area contributed by atoms with E-state index in [1.807, 2.05) is 13.8 Å². The van der Waals surface area contributed by atoms with E-state index in [0.29, 0.717) is 0 Å². The number of halogens is 3. The Morgan fingerprint density at radius 2 is 1.91 bits per heavy atom. The van der Waals surface area contributed by atoms with E-state index in [1.165, 1.54) is 18.2 Å². The van der Waals surface area contributed by atoms with Gasteiger partial charge >= 0.3 is 6.18 Å². The minimum atomic E-state index is -4.55. The van der Waals surface area contributed by atoms with Crippen LogP contribution in [0.15, 0.2) is 23.3 Å². The van der Waals surface area contributed by atoms with Crippen molar-refractivity contribution < 1.29 is 17.9 Å². The zero-order valence-electron chi connectivity index (χ0n) is 11.9. The van der Waals surface area contributed by atoms with Crippen molar-refractivity contribution in [3.8, 4) is 17.9 Å². The molecule has 0 aliphatic carbocycles. The molecule has 1 rings (SSSR count). The highest BCUT2D eigenvalue weighted by Gasteiger charge is 2.31. The molecule has 0 amide bonds. The summed E-state index contributed by atoms with van der Waals surface area (Å²) in [6.45, 7) is 3.98. The van der Waals surface area contributed by atoms with Gasteiger partial charge in [0.1, 0.15) is 17.9 Å². The van der Waals surface area contributed by atoms with Crippen molar-refractivity contribution in [2.75, 3.05) is 12.0 Å². The van der Waals surface area contributed by atoms with Crippen molar-refractivity contribution in [2.24, 2.45) is 11.0 Å². The minimum absolute atomic E-state index is 0.0247. The molecule has 22 heavy (non-hydrogen) atoms. The number of benzene rings is 1. The molecule has 0 spiro atoms. The van der Waals surface area contributed by atoms with Crippen molar-refractivity contribution in [1.29, 1.82) is 10.5 Å². The predicted molar refractivity (Wildman–Crippen MR) is 74.1 cm³/mol. The van der Waals surface area contributed by atoms with Gasteiger partial charge in [-0.25, -0.2) is 0 Å². The summed E-state index contributed by atoms with van der Waals surface area (Å²) < 4.78 is 43.8. The van der Waals surface area contributed by atoms with Gasteiger partial charge in [0.2, 0.25) is 5.71 Å². The molecule has 5 nitrogen and oxygen atoms in total. The van der Waals surface area contributed by atoms with E-state index in [9.17, 15) is 13.2 Å². The van der Waals surface area contributed by atoms with Crippen LogP contribution >= 0.6 is 0 Å². The second-order valence-electron chi connectivity index (χ2n) is 4.74. The average Bonchev–Trinajstić information content (AvgIpc) is 2.45. The molecule has 0 aromatic heterocycles. The van der Waals surface area contributed by atoms with Gasteiger partial charge in [0.15, 0.2) is 0 Å². The second kappa shape index (κ2) is 7.32. The first-order valence-electron chi connectivity index (χ1n) is 6.25. The molecule has 1 aromatic rings. The van der Waals surface area contributed by atoms with E-state index in [-0.39, 0.29) is 24.0 Å². The molecule has 0 aliphatic heterocycles. The van der Waals surface area contributed by atoms with Gasteiger partial charge in [0.25, 0.3) is 0 Å². The number of nitriles is 2. The van der Waals surface area contributed by atoms with Crippen LogP contribution in [0.1, 0.15) is 19.4 Å². The fraction of sp³-hybridized carbons (Fsp3) is 0.357. The van der Waals surface area contributed by atoms with Gasteiger partial charge in [-0.05, 0) is 18.1 Å². The van der Waals surface area contributed by atoms with E-state index in [2.05, 4.69) is 10.5 Å². The minimum Gasteiger partial charge on any atom is -0.493 e. The van der Waals surface area contributed by atoms with E-state index >= 15 is 0 Å². The van der Waals surface area contributed by atoms with Gasteiger partial charge in [-0.2, -0.15) is 28.8 Å². The van der Waals surface area contributed by atoms with Crippen molar-refractivity contribution in [3.63, 3.8) is 0 Å². The van der Waals surface area contributed by atoms with Crippen LogP contribution in [-0.2, 0) is 6.18 Å².